The number of carbonyl (C=O) groups excluding carboxylic acids is 1. The number of aryl methyl sites for hydroxylation is 1. The number of carbonyl (C=O) groups is 1. The molecule has 0 saturated carbocycles. The van der Waals surface area contributed by atoms with Gasteiger partial charge in [0.05, 0.1) is 27.6 Å². The Kier molecular flexibility index (Phi) is 10.8. The second kappa shape index (κ2) is 14.8. The lowest BCUT2D eigenvalue weighted by atomic mass is 10.2. The van der Waals surface area contributed by atoms with Crippen LogP contribution in [0.3, 0.4) is 0 Å². The number of halogens is 1. The van der Waals surface area contributed by atoms with Crippen molar-refractivity contribution in [3.63, 3.8) is 0 Å². The van der Waals surface area contributed by atoms with Crippen LogP contribution in [-0.4, -0.2) is 70.4 Å². The van der Waals surface area contributed by atoms with Crippen LogP contribution in [0.15, 0.2) is 116 Å². The standard InChI is InChI=1S/C33H33BrN4O7S2/c1-24-13-15-25(16-14-24)23-45-32-29(34)19-26(20-31(32)44-2)21-35-36-33(39)30-22-37(46(40,41)27-9-5-3-6-10-27)17-18-38(30)47(42,43)28-11-7-4-8-12-28/h3-16,19-21,30H,17-18,22-23H2,1-2H3,(H,36,39)/b35-21-/t30-/m0/s1. The van der Waals surface area contributed by atoms with Gasteiger partial charge in [0.15, 0.2) is 11.5 Å². The first-order valence-electron chi connectivity index (χ1n) is 14.5. The number of amides is 1. The molecule has 1 fully saturated rings. The number of nitrogens with one attached hydrogen (secondary N) is 1. The highest BCUT2D eigenvalue weighted by Gasteiger charge is 2.43. The molecule has 11 nitrogen and oxygen atoms in total. The molecule has 0 unspecified atom stereocenters. The Morgan fingerprint density at radius 1 is 0.915 bits per heavy atom. The normalized spacial score (nSPS) is 16.2. The van der Waals surface area contributed by atoms with E-state index in [0.29, 0.717) is 28.1 Å². The van der Waals surface area contributed by atoms with Crippen molar-refractivity contribution in [1.82, 2.24) is 14.0 Å². The van der Waals surface area contributed by atoms with E-state index in [9.17, 15) is 21.6 Å². The van der Waals surface area contributed by atoms with Crippen LogP contribution in [0.1, 0.15) is 16.7 Å². The van der Waals surface area contributed by atoms with Crippen LogP contribution in [0, 0.1) is 6.92 Å². The monoisotopic (exact) mass is 740 g/mol. The first kappa shape index (κ1) is 34.3. The second-order valence-corrected chi connectivity index (χ2v) is 15.3. The summed E-state index contributed by atoms with van der Waals surface area (Å²) in [7, 11) is -6.65. The van der Waals surface area contributed by atoms with Crippen molar-refractivity contribution < 1.29 is 31.1 Å². The van der Waals surface area contributed by atoms with Crippen molar-refractivity contribution in [3.05, 3.63) is 118 Å². The van der Waals surface area contributed by atoms with Gasteiger partial charge in [-0.3, -0.25) is 4.79 Å². The van der Waals surface area contributed by atoms with Gasteiger partial charge in [0.1, 0.15) is 12.6 Å². The molecule has 4 aromatic rings. The average Bonchev–Trinajstić information content (AvgIpc) is 3.08. The fourth-order valence-electron chi connectivity index (χ4n) is 4.97. The second-order valence-electron chi connectivity index (χ2n) is 10.7. The molecular formula is C33H33BrN4O7S2. The van der Waals surface area contributed by atoms with E-state index >= 15 is 0 Å². The molecule has 0 bridgehead atoms. The third-order valence-electron chi connectivity index (χ3n) is 7.47. The van der Waals surface area contributed by atoms with Gasteiger partial charge in [0, 0.05) is 19.6 Å². The predicted molar refractivity (Wildman–Crippen MR) is 181 cm³/mol. The number of ether oxygens (including phenoxy) is 2. The van der Waals surface area contributed by atoms with Crippen molar-refractivity contribution >= 4 is 48.1 Å². The zero-order chi connectivity index (χ0) is 33.6. The minimum atomic E-state index is -4.15. The number of piperazine rings is 1. The highest BCUT2D eigenvalue weighted by atomic mass is 79.9. The lowest BCUT2D eigenvalue weighted by molar-refractivity contribution is -0.125. The summed E-state index contributed by atoms with van der Waals surface area (Å²) >= 11 is 3.51. The molecule has 1 atom stereocenters. The molecule has 1 saturated heterocycles. The number of hydrogen-bond donors (Lipinski definition) is 1. The van der Waals surface area contributed by atoms with Gasteiger partial charge in [-0.05, 0) is 70.4 Å². The van der Waals surface area contributed by atoms with E-state index in [1.165, 1.54) is 37.6 Å². The summed E-state index contributed by atoms with van der Waals surface area (Å²) in [5.41, 5.74) is 5.08. The molecule has 0 aromatic heterocycles. The Morgan fingerprint density at radius 3 is 2.15 bits per heavy atom. The van der Waals surface area contributed by atoms with E-state index in [0.717, 1.165) is 19.7 Å². The Labute approximate surface area is 283 Å². The highest BCUT2D eigenvalue weighted by Crippen LogP contribution is 2.37. The first-order chi connectivity index (χ1) is 22.5. The van der Waals surface area contributed by atoms with Crippen molar-refractivity contribution in [2.75, 3.05) is 26.7 Å². The van der Waals surface area contributed by atoms with E-state index in [2.05, 4.69) is 26.5 Å². The van der Waals surface area contributed by atoms with Gasteiger partial charge >= 0.3 is 0 Å². The Balaban J connectivity index is 1.36. The number of benzene rings is 4. The molecule has 14 heteroatoms. The van der Waals surface area contributed by atoms with E-state index in [4.69, 9.17) is 9.47 Å². The topological polar surface area (TPSA) is 135 Å². The molecule has 0 spiro atoms. The minimum absolute atomic E-state index is 0.0118. The molecule has 1 amide bonds. The minimum Gasteiger partial charge on any atom is -0.493 e. The largest absolute Gasteiger partial charge is 0.493 e. The molecule has 5 rings (SSSR count). The third-order valence-corrected chi connectivity index (χ3v) is 11.9. The predicted octanol–water partition coefficient (Wildman–Crippen LogP) is 4.56. The summed E-state index contributed by atoms with van der Waals surface area (Å²) in [5, 5.41) is 4.07. The summed E-state index contributed by atoms with van der Waals surface area (Å²) in [5.74, 6) is 0.115. The van der Waals surface area contributed by atoms with Gasteiger partial charge < -0.3 is 9.47 Å². The smallest absolute Gasteiger partial charge is 0.259 e. The number of rotatable bonds is 11. The highest BCUT2D eigenvalue weighted by molar-refractivity contribution is 9.10. The number of hydrogen-bond acceptors (Lipinski definition) is 8. The van der Waals surface area contributed by atoms with Crippen molar-refractivity contribution in [1.29, 1.82) is 0 Å². The van der Waals surface area contributed by atoms with Crippen LogP contribution in [0.2, 0.25) is 0 Å². The van der Waals surface area contributed by atoms with Crippen LogP contribution in [0.4, 0.5) is 0 Å². The fraction of sp³-hybridized carbons (Fsp3) is 0.212. The molecular weight excluding hydrogens is 708 g/mol. The molecule has 47 heavy (non-hydrogen) atoms. The van der Waals surface area contributed by atoms with E-state index in [1.54, 1.807) is 48.5 Å². The lowest BCUT2D eigenvalue weighted by Crippen LogP contribution is -2.60. The van der Waals surface area contributed by atoms with Gasteiger partial charge in [-0.25, -0.2) is 22.3 Å². The van der Waals surface area contributed by atoms with E-state index in [1.807, 2.05) is 31.2 Å². The van der Waals surface area contributed by atoms with Gasteiger partial charge in [-0.1, -0.05) is 66.2 Å². The van der Waals surface area contributed by atoms with Gasteiger partial charge in [-0.15, -0.1) is 0 Å². The van der Waals surface area contributed by atoms with Gasteiger partial charge in [-0.2, -0.15) is 13.7 Å². The summed E-state index contributed by atoms with van der Waals surface area (Å²) in [6.45, 7) is 1.55. The quantitative estimate of drug-likeness (QED) is 0.176. The molecule has 1 heterocycles. The Bertz CT molecular complexity index is 1960. The van der Waals surface area contributed by atoms with Gasteiger partial charge in [0.2, 0.25) is 20.0 Å². The molecule has 0 radical (unpaired) electrons. The summed E-state index contributed by atoms with van der Waals surface area (Å²) in [4.78, 5) is 13.6. The van der Waals surface area contributed by atoms with Crippen molar-refractivity contribution in [2.45, 2.75) is 29.4 Å². The molecule has 4 aromatic carbocycles. The molecule has 1 N–H and O–H groups in total. The summed E-state index contributed by atoms with van der Waals surface area (Å²) in [6, 6.07) is 25.4. The Morgan fingerprint density at radius 2 is 1.53 bits per heavy atom. The Hall–Kier alpha value is -4.08. The molecule has 0 aliphatic carbocycles. The maximum Gasteiger partial charge on any atom is 0.259 e. The van der Waals surface area contributed by atoms with Crippen LogP contribution in [-0.2, 0) is 31.4 Å². The number of nitrogens with zero attached hydrogens (tertiary/aromatic N) is 3. The van der Waals surface area contributed by atoms with Crippen LogP contribution >= 0.6 is 15.9 Å². The molecule has 1 aliphatic rings. The number of hydrazone groups is 1. The molecule has 1 aliphatic heterocycles. The average molecular weight is 742 g/mol. The van der Waals surface area contributed by atoms with Gasteiger partial charge in [0.25, 0.3) is 5.91 Å². The summed E-state index contributed by atoms with van der Waals surface area (Å²) < 4.78 is 68.3. The van der Waals surface area contributed by atoms with E-state index < -0.39 is 38.5 Å². The third kappa shape index (κ3) is 7.91. The summed E-state index contributed by atoms with van der Waals surface area (Å²) in [6.07, 6.45) is 1.37. The van der Waals surface area contributed by atoms with Crippen LogP contribution < -0.4 is 14.9 Å². The maximum absolute atomic E-state index is 13.6. The molecule has 246 valence electrons. The maximum atomic E-state index is 13.6. The number of sulfonamides is 2. The number of methoxy groups -OCH3 is 1. The van der Waals surface area contributed by atoms with E-state index in [-0.39, 0.29) is 22.9 Å². The first-order valence-corrected chi connectivity index (χ1v) is 18.2. The van der Waals surface area contributed by atoms with Crippen molar-refractivity contribution in [3.8, 4) is 11.5 Å². The SMILES string of the molecule is COc1cc(/C=N\NC(=O)[C@@H]2CN(S(=O)(=O)c3ccccc3)CCN2S(=O)(=O)c2ccccc2)cc(Br)c1OCc1ccc(C)cc1. The van der Waals surface area contributed by atoms with Crippen LogP contribution in [0.25, 0.3) is 0 Å². The zero-order valence-corrected chi connectivity index (χ0v) is 28.8. The lowest BCUT2D eigenvalue weighted by Gasteiger charge is -2.38. The fourth-order valence-corrected chi connectivity index (χ4v) is 8.59. The zero-order valence-electron chi connectivity index (χ0n) is 25.6. The van der Waals surface area contributed by atoms with Crippen molar-refractivity contribution in [2.24, 2.45) is 5.10 Å². The van der Waals surface area contributed by atoms with Crippen LogP contribution in [0.5, 0.6) is 11.5 Å².